The first-order valence-electron chi connectivity index (χ1n) is 9.73. The molecule has 0 aliphatic carbocycles. The summed E-state index contributed by atoms with van der Waals surface area (Å²) < 4.78 is 8.66. The molecular weight excluding hydrogens is 355 g/mol. The predicted octanol–water partition coefficient (Wildman–Crippen LogP) is 3.59. The van der Waals surface area contributed by atoms with Crippen LogP contribution < -0.4 is 21.1 Å². The standard InChI is InChI=1S/C25H13BN2O/c27-14-15-6-3-12-21-23(15)26-18-9-4-8-17-16-7-1-2-10-19(16)28(25(17)18)20-11-5-13-22(29-21)24(20)26/h1-13H. The van der Waals surface area contributed by atoms with Gasteiger partial charge in [0.1, 0.15) is 11.5 Å². The predicted molar refractivity (Wildman–Crippen MR) is 117 cm³/mol. The molecule has 0 fully saturated rings. The molecule has 0 spiro atoms. The number of hydrogen-bond donors (Lipinski definition) is 0. The van der Waals surface area contributed by atoms with Crippen LogP contribution in [0.4, 0.5) is 0 Å². The molecule has 0 atom stereocenters. The van der Waals surface area contributed by atoms with E-state index in [0.29, 0.717) is 5.56 Å². The third-order valence-corrected chi connectivity index (χ3v) is 6.30. The molecular formula is C25H13BN2O. The molecule has 0 saturated heterocycles. The number of nitriles is 1. The largest absolute Gasteiger partial charge is 0.458 e. The molecule has 3 nitrogen and oxygen atoms in total. The average Bonchev–Trinajstić information content (AvgIpc) is 3.11. The Balaban J connectivity index is 1.75. The Labute approximate surface area is 167 Å². The first-order valence-corrected chi connectivity index (χ1v) is 9.73. The molecule has 0 radical (unpaired) electrons. The Morgan fingerprint density at radius 2 is 1.52 bits per heavy atom. The van der Waals surface area contributed by atoms with Gasteiger partial charge in [-0.25, -0.2) is 0 Å². The first kappa shape index (κ1) is 15.0. The molecule has 4 heteroatoms. The summed E-state index contributed by atoms with van der Waals surface area (Å²) >= 11 is 0. The molecule has 7 rings (SSSR count). The second-order valence-corrected chi connectivity index (χ2v) is 7.65. The van der Waals surface area contributed by atoms with Crippen LogP contribution in [0.3, 0.4) is 0 Å². The van der Waals surface area contributed by atoms with Crippen molar-refractivity contribution in [3.63, 3.8) is 0 Å². The van der Waals surface area contributed by atoms with Crippen LogP contribution in [0.1, 0.15) is 5.56 Å². The number of benzene rings is 4. The van der Waals surface area contributed by atoms with E-state index in [1.54, 1.807) is 0 Å². The van der Waals surface area contributed by atoms with Gasteiger partial charge in [0.15, 0.2) is 0 Å². The maximum Gasteiger partial charge on any atom is 0.258 e. The van der Waals surface area contributed by atoms with Crippen molar-refractivity contribution in [1.29, 1.82) is 5.26 Å². The van der Waals surface area contributed by atoms with Crippen molar-refractivity contribution in [2.45, 2.75) is 0 Å². The van der Waals surface area contributed by atoms with Crippen LogP contribution in [0, 0.1) is 11.3 Å². The lowest BCUT2D eigenvalue weighted by molar-refractivity contribution is 0.487. The van der Waals surface area contributed by atoms with Crippen molar-refractivity contribution >= 4 is 44.9 Å². The van der Waals surface area contributed by atoms with Crippen LogP contribution >= 0.6 is 0 Å². The van der Waals surface area contributed by atoms with Gasteiger partial charge in [0.2, 0.25) is 0 Å². The molecule has 3 heterocycles. The van der Waals surface area contributed by atoms with E-state index in [-0.39, 0.29) is 6.71 Å². The summed E-state index contributed by atoms with van der Waals surface area (Å²) in [6.45, 7) is -0.0127. The van der Waals surface area contributed by atoms with E-state index < -0.39 is 0 Å². The minimum Gasteiger partial charge on any atom is -0.458 e. The molecule has 4 aromatic carbocycles. The summed E-state index contributed by atoms with van der Waals surface area (Å²) in [5, 5.41) is 12.3. The number of nitrogens with zero attached hydrogens (tertiary/aromatic N) is 2. The average molecular weight is 368 g/mol. The monoisotopic (exact) mass is 368 g/mol. The lowest BCUT2D eigenvalue weighted by Crippen LogP contribution is -2.59. The van der Waals surface area contributed by atoms with Crippen molar-refractivity contribution in [2.75, 3.05) is 0 Å². The van der Waals surface area contributed by atoms with Gasteiger partial charge in [-0.15, -0.1) is 0 Å². The van der Waals surface area contributed by atoms with Crippen molar-refractivity contribution < 1.29 is 4.74 Å². The molecule has 0 saturated carbocycles. The Kier molecular flexibility index (Phi) is 2.64. The second-order valence-electron chi connectivity index (χ2n) is 7.65. The smallest absolute Gasteiger partial charge is 0.258 e. The van der Waals surface area contributed by atoms with Gasteiger partial charge in [0, 0.05) is 22.0 Å². The zero-order chi connectivity index (χ0) is 19.1. The highest BCUT2D eigenvalue weighted by atomic mass is 16.5. The number of ether oxygens (including phenoxy) is 1. The zero-order valence-electron chi connectivity index (χ0n) is 15.4. The second kappa shape index (κ2) is 5.09. The summed E-state index contributed by atoms with van der Waals surface area (Å²) in [6.07, 6.45) is 0. The van der Waals surface area contributed by atoms with Crippen molar-refractivity contribution in [2.24, 2.45) is 0 Å². The molecule has 0 amide bonds. The number of aromatic nitrogens is 1. The maximum atomic E-state index is 9.84. The highest BCUT2D eigenvalue weighted by molar-refractivity contribution is 6.99. The minimum absolute atomic E-state index is 0.0127. The molecule has 1 aromatic heterocycles. The van der Waals surface area contributed by atoms with Crippen LogP contribution in [-0.2, 0) is 0 Å². The lowest BCUT2D eigenvalue weighted by atomic mass is 9.34. The molecule has 5 aromatic rings. The third kappa shape index (κ3) is 1.69. The number of para-hydroxylation sites is 2. The van der Waals surface area contributed by atoms with Crippen LogP contribution in [-0.4, -0.2) is 11.3 Å². The molecule has 29 heavy (non-hydrogen) atoms. The summed E-state index contributed by atoms with van der Waals surface area (Å²) in [7, 11) is 0. The van der Waals surface area contributed by atoms with Gasteiger partial charge in [-0.1, -0.05) is 48.5 Å². The Bertz CT molecular complexity index is 1560. The van der Waals surface area contributed by atoms with E-state index in [4.69, 9.17) is 4.74 Å². The third-order valence-electron chi connectivity index (χ3n) is 6.30. The van der Waals surface area contributed by atoms with Crippen molar-refractivity contribution in [3.05, 3.63) is 84.4 Å². The topological polar surface area (TPSA) is 38.0 Å². The maximum absolute atomic E-state index is 9.84. The number of fused-ring (bicyclic) bond motifs is 7. The van der Waals surface area contributed by atoms with E-state index in [1.165, 1.54) is 27.3 Å². The SMILES string of the molecule is N#Cc1cccc2c1B1c3c(cccc3-n3c4ccccc4c4cccc1c43)O2. The minimum atomic E-state index is -0.0127. The zero-order valence-corrected chi connectivity index (χ0v) is 15.4. The first-order chi connectivity index (χ1) is 14.4. The summed E-state index contributed by atoms with van der Waals surface area (Å²) in [5.74, 6) is 1.65. The van der Waals surface area contributed by atoms with Gasteiger partial charge in [-0.2, -0.15) is 5.26 Å². The van der Waals surface area contributed by atoms with Crippen LogP contribution in [0.25, 0.3) is 27.5 Å². The molecule has 2 aliphatic rings. The number of rotatable bonds is 0. The van der Waals surface area contributed by atoms with Crippen LogP contribution in [0.5, 0.6) is 11.5 Å². The van der Waals surface area contributed by atoms with Gasteiger partial charge >= 0.3 is 0 Å². The van der Waals surface area contributed by atoms with E-state index in [1.807, 2.05) is 24.3 Å². The highest BCUT2D eigenvalue weighted by Crippen LogP contribution is 2.37. The van der Waals surface area contributed by atoms with Crippen molar-refractivity contribution in [1.82, 2.24) is 4.57 Å². The van der Waals surface area contributed by atoms with E-state index in [2.05, 4.69) is 65.2 Å². The normalized spacial score (nSPS) is 13.0. The van der Waals surface area contributed by atoms with Crippen molar-refractivity contribution in [3.8, 4) is 23.3 Å². The highest BCUT2D eigenvalue weighted by Gasteiger charge is 2.41. The molecule has 2 aliphatic heterocycles. The molecule has 0 unspecified atom stereocenters. The van der Waals surface area contributed by atoms with Gasteiger partial charge in [0.05, 0.1) is 17.1 Å². The fraction of sp³-hybridized carbons (Fsp3) is 0. The summed E-state index contributed by atoms with van der Waals surface area (Å²) in [4.78, 5) is 0. The van der Waals surface area contributed by atoms with E-state index in [9.17, 15) is 5.26 Å². The van der Waals surface area contributed by atoms with Gasteiger partial charge < -0.3 is 9.30 Å². The van der Waals surface area contributed by atoms with E-state index >= 15 is 0 Å². The summed E-state index contributed by atoms with van der Waals surface area (Å²) in [5.41, 5.74) is 7.57. The quantitative estimate of drug-likeness (QED) is 0.384. The Hall–Kier alpha value is -3.97. The fourth-order valence-corrected chi connectivity index (χ4v) is 5.24. The van der Waals surface area contributed by atoms with Gasteiger partial charge in [-0.3, -0.25) is 0 Å². The lowest BCUT2D eigenvalue weighted by Gasteiger charge is -2.33. The van der Waals surface area contributed by atoms with Gasteiger partial charge in [-0.05, 0) is 46.7 Å². The fourth-order valence-electron chi connectivity index (χ4n) is 5.24. The molecule has 0 bridgehead atoms. The Morgan fingerprint density at radius 1 is 0.759 bits per heavy atom. The summed E-state index contributed by atoms with van der Waals surface area (Å²) in [6, 6.07) is 29.5. The number of hydrogen-bond acceptors (Lipinski definition) is 2. The van der Waals surface area contributed by atoms with Gasteiger partial charge in [0.25, 0.3) is 6.71 Å². The Morgan fingerprint density at radius 3 is 2.41 bits per heavy atom. The molecule has 0 N–H and O–H groups in total. The van der Waals surface area contributed by atoms with E-state index in [0.717, 1.165) is 28.1 Å². The van der Waals surface area contributed by atoms with Crippen LogP contribution in [0.2, 0.25) is 0 Å². The molecule has 132 valence electrons. The van der Waals surface area contributed by atoms with Crippen LogP contribution in [0.15, 0.2) is 78.9 Å².